The van der Waals surface area contributed by atoms with Crippen LogP contribution >= 0.6 is 34.8 Å². The number of allylic oxidation sites excluding steroid dienone is 4. The molecule has 0 saturated heterocycles. The van der Waals surface area contributed by atoms with Crippen LogP contribution in [0, 0.1) is 0 Å². The Morgan fingerprint density at radius 1 is 1.24 bits per heavy atom. The molecule has 0 radical (unpaired) electrons. The number of rotatable bonds is 7. The third kappa shape index (κ3) is 6.31. The summed E-state index contributed by atoms with van der Waals surface area (Å²) in [5.74, 6) is -2.16. The molecule has 0 aliphatic carbocycles. The maximum atomic E-state index is 13.3. The maximum Gasteiger partial charge on any atom is 0.435 e. The van der Waals surface area contributed by atoms with Gasteiger partial charge in [-0.15, -0.1) is 0 Å². The van der Waals surface area contributed by atoms with Crippen molar-refractivity contribution < 1.29 is 22.8 Å². The van der Waals surface area contributed by atoms with E-state index in [2.05, 4.69) is 22.3 Å². The number of halogens is 6. The third-order valence-electron chi connectivity index (χ3n) is 3.96. The Labute approximate surface area is 201 Å². The summed E-state index contributed by atoms with van der Waals surface area (Å²) < 4.78 is 40.4. The number of hydrogen-bond donors (Lipinski definition) is 3. The fourth-order valence-corrected chi connectivity index (χ4v) is 3.21. The van der Waals surface area contributed by atoms with E-state index in [0.717, 1.165) is 0 Å². The lowest BCUT2D eigenvalue weighted by Gasteiger charge is -2.14. The van der Waals surface area contributed by atoms with Crippen LogP contribution in [-0.2, 0) is 6.18 Å². The Morgan fingerprint density at radius 3 is 2.48 bits per heavy atom. The molecule has 0 fully saturated rings. The van der Waals surface area contributed by atoms with Gasteiger partial charge in [-0.2, -0.15) is 18.3 Å². The summed E-state index contributed by atoms with van der Waals surface area (Å²) in [5.41, 5.74) is 3.57. The lowest BCUT2D eigenvalue weighted by atomic mass is 10.1. The van der Waals surface area contributed by atoms with Crippen LogP contribution in [0.4, 0.5) is 18.9 Å². The van der Waals surface area contributed by atoms with Gasteiger partial charge < -0.3 is 16.4 Å². The highest BCUT2D eigenvalue weighted by molar-refractivity contribution is 6.38. The predicted octanol–water partition coefficient (Wildman–Crippen LogP) is 5.28. The second-order valence-corrected chi connectivity index (χ2v) is 7.53. The number of hydrogen-bond acceptors (Lipinski definition) is 4. The third-order valence-corrected chi connectivity index (χ3v) is 4.80. The largest absolute Gasteiger partial charge is 0.435 e. The van der Waals surface area contributed by atoms with E-state index < -0.39 is 35.2 Å². The van der Waals surface area contributed by atoms with Gasteiger partial charge in [-0.25, -0.2) is 4.68 Å². The van der Waals surface area contributed by atoms with Gasteiger partial charge in [0.1, 0.15) is 11.5 Å². The molecule has 0 aliphatic heterocycles. The van der Waals surface area contributed by atoms with Crippen LogP contribution in [0.2, 0.25) is 10.0 Å². The number of nitrogens with two attached hydrogens (primary N) is 1. The molecule has 4 N–H and O–H groups in total. The van der Waals surface area contributed by atoms with Crippen LogP contribution in [0.5, 0.6) is 0 Å². The highest BCUT2D eigenvalue weighted by Crippen LogP contribution is 2.33. The summed E-state index contributed by atoms with van der Waals surface area (Å²) in [5, 5.41) is 8.01. The van der Waals surface area contributed by atoms with Crippen molar-refractivity contribution in [1.82, 2.24) is 15.1 Å². The standard InChI is InChI=1S/C20H17Cl3F3N5O2/c1-3-5-6-12(22)17(27)31-14(9-15(30-31)20(24,25)26)19(33)29-16-11(18(32)28-4-2)7-10(21)8-13(16)23/h3,5-9H,1,4,27H2,2H3,(H,28,32)(H,29,33)/b6-5-,17-12-. The number of carbonyl (C=O) groups excluding carboxylic acids is 2. The predicted molar refractivity (Wildman–Crippen MR) is 122 cm³/mol. The lowest BCUT2D eigenvalue weighted by molar-refractivity contribution is -0.141. The minimum Gasteiger partial charge on any atom is -0.382 e. The molecule has 2 amide bonds. The summed E-state index contributed by atoms with van der Waals surface area (Å²) >= 11 is 18.1. The average molecular weight is 523 g/mol. The molecule has 2 aromatic rings. The van der Waals surface area contributed by atoms with Crippen LogP contribution in [0.25, 0.3) is 5.82 Å². The van der Waals surface area contributed by atoms with Gasteiger partial charge in [0.2, 0.25) is 0 Å². The van der Waals surface area contributed by atoms with Crippen molar-refractivity contribution in [2.75, 3.05) is 11.9 Å². The van der Waals surface area contributed by atoms with Gasteiger partial charge in [-0.05, 0) is 25.1 Å². The first kappa shape index (κ1) is 26.3. The lowest BCUT2D eigenvalue weighted by Crippen LogP contribution is -2.26. The van der Waals surface area contributed by atoms with E-state index in [4.69, 9.17) is 40.5 Å². The highest BCUT2D eigenvalue weighted by Gasteiger charge is 2.36. The first-order valence-corrected chi connectivity index (χ1v) is 10.2. The summed E-state index contributed by atoms with van der Waals surface area (Å²) in [4.78, 5) is 25.3. The molecule has 33 heavy (non-hydrogen) atoms. The summed E-state index contributed by atoms with van der Waals surface area (Å²) in [6.45, 7) is 5.37. The molecule has 0 atom stereocenters. The monoisotopic (exact) mass is 521 g/mol. The molecule has 7 nitrogen and oxygen atoms in total. The van der Waals surface area contributed by atoms with E-state index in [1.54, 1.807) is 6.92 Å². The van der Waals surface area contributed by atoms with Crippen LogP contribution in [0.3, 0.4) is 0 Å². The van der Waals surface area contributed by atoms with Crippen LogP contribution in [0.1, 0.15) is 33.5 Å². The van der Waals surface area contributed by atoms with Gasteiger partial charge in [-0.3, -0.25) is 9.59 Å². The second kappa shape index (κ2) is 10.8. The van der Waals surface area contributed by atoms with Crippen LogP contribution < -0.4 is 16.4 Å². The molecule has 0 bridgehead atoms. The van der Waals surface area contributed by atoms with E-state index in [1.165, 1.54) is 30.4 Å². The normalized spacial score (nSPS) is 12.5. The van der Waals surface area contributed by atoms with Crippen molar-refractivity contribution in [2.24, 2.45) is 5.73 Å². The van der Waals surface area contributed by atoms with Gasteiger partial charge in [0.15, 0.2) is 5.69 Å². The number of carbonyl (C=O) groups is 2. The molecule has 1 aromatic carbocycles. The molecule has 0 aliphatic rings. The van der Waals surface area contributed by atoms with Gasteiger partial charge in [0, 0.05) is 17.6 Å². The molecule has 0 saturated carbocycles. The van der Waals surface area contributed by atoms with Crippen LogP contribution in [0.15, 0.2) is 48.0 Å². The topological polar surface area (TPSA) is 102 Å². The quantitative estimate of drug-likeness (QED) is 0.431. The van der Waals surface area contributed by atoms with E-state index in [9.17, 15) is 22.8 Å². The van der Waals surface area contributed by atoms with Crippen molar-refractivity contribution in [3.8, 4) is 0 Å². The molecular formula is C20H17Cl3F3N5O2. The molecule has 0 unspecified atom stereocenters. The van der Waals surface area contributed by atoms with Crippen molar-refractivity contribution in [3.05, 3.63) is 75.0 Å². The number of anilines is 1. The van der Waals surface area contributed by atoms with Crippen molar-refractivity contribution >= 4 is 58.1 Å². The maximum absolute atomic E-state index is 13.3. The number of amides is 2. The smallest absolute Gasteiger partial charge is 0.382 e. The molecule has 2 rings (SSSR count). The number of benzene rings is 1. The number of alkyl halides is 3. The summed E-state index contributed by atoms with van der Waals surface area (Å²) in [7, 11) is 0. The minimum absolute atomic E-state index is 0.0970. The average Bonchev–Trinajstić information content (AvgIpc) is 3.19. The summed E-state index contributed by atoms with van der Waals surface area (Å²) in [6.07, 6.45) is -0.883. The van der Waals surface area contributed by atoms with Crippen molar-refractivity contribution in [1.29, 1.82) is 0 Å². The molecule has 0 spiro atoms. The number of aromatic nitrogens is 2. The zero-order valence-electron chi connectivity index (χ0n) is 16.9. The molecule has 1 aromatic heterocycles. The van der Waals surface area contributed by atoms with Crippen LogP contribution in [-0.4, -0.2) is 28.1 Å². The van der Waals surface area contributed by atoms with Gasteiger partial charge in [0.05, 0.1) is 21.3 Å². The molecule has 13 heteroatoms. The minimum atomic E-state index is -4.88. The van der Waals surface area contributed by atoms with E-state index in [-0.39, 0.29) is 32.9 Å². The first-order valence-electron chi connectivity index (χ1n) is 9.11. The van der Waals surface area contributed by atoms with Crippen molar-refractivity contribution in [2.45, 2.75) is 13.1 Å². The zero-order chi connectivity index (χ0) is 24.9. The first-order chi connectivity index (χ1) is 15.4. The van der Waals surface area contributed by atoms with E-state index >= 15 is 0 Å². The van der Waals surface area contributed by atoms with E-state index in [1.807, 2.05) is 0 Å². The fourth-order valence-electron chi connectivity index (χ4n) is 2.52. The van der Waals surface area contributed by atoms with Crippen molar-refractivity contribution in [3.63, 3.8) is 0 Å². The van der Waals surface area contributed by atoms with Gasteiger partial charge in [0.25, 0.3) is 11.8 Å². The Morgan fingerprint density at radius 2 is 1.91 bits per heavy atom. The number of nitrogens with zero attached hydrogens (tertiary/aromatic N) is 2. The Balaban J connectivity index is 2.61. The highest BCUT2D eigenvalue weighted by atomic mass is 35.5. The zero-order valence-corrected chi connectivity index (χ0v) is 19.2. The van der Waals surface area contributed by atoms with Gasteiger partial charge in [-0.1, -0.05) is 53.5 Å². The summed E-state index contributed by atoms with van der Waals surface area (Å²) in [6, 6.07) is 2.99. The fraction of sp³-hybridized carbons (Fsp3) is 0.150. The Bertz CT molecular complexity index is 1160. The van der Waals surface area contributed by atoms with E-state index in [0.29, 0.717) is 10.7 Å². The second-order valence-electron chi connectivity index (χ2n) is 6.28. The Kier molecular flexibility index (Phi) is 8.59. The van der Waals surface area contributed by atoms with Gasteiger partial charge >= 0.3 is 6.18 Å². The Hall–Kier alpha value is -2.95. The molecule has 176 valence electrons. The number of nitrogens with one attached hydrogen (secondary N) is 2. The molecular weight excluding hydrogens is 506 g/mol. The SMILES string of the molecule is C=C/C=C\C(Cl)=C(/N)n1nc(C(F)(F)F)cc1C(=O)Nc1c(Cl)cc(Cl)cc1C(=O)NCC. The molecule has 1 heterocycles.